The van der Waals surface area contributed by atoms with Gasteiger partial charge >= 0.3 is 0 Å². The molecule has 0 amide bonds. The van der Waals surface area contributed by atoms with Crippen molar-refractivity contribution in [2.75, 3.05) is 13.1 Å². The van der Waals surface area contributed by atoms with Gasteiger partial charge in [0, 0.05) is 19.1 Å². The quantitative estimate of drug-likeness (QED) is 0.915. The van der Waals surface area contributed by atoms with E-state index in [1.807, 2.05) is 0 Å². The molecule has 1 aliphatic heterocycles. The third-order valence-electron chi connectivity index (χ3n) is 3.02. The van der Waals surface area contributed by atoms with Crippen LogP contribution in [0, 0.1) is 5.82 Å². The molecule has 1 atom stereocenters. The molecule has 1 heterocycles. The summed E-state index contributed by atoms with van der Waals surface area (Å²) in [6.07, 6.45) is 1.61. The Balaban J connectivity index is 0.00000162. The van der Waals surface area contributed by atoms with E-state index in [-0.39, 0.29) is 23.3 Å². The lowest BCUT2D eigenvalue weighted by molar-refractivity contribution is 0.393. The first kappa shape index (κ1) is 15.4. The highest BCUT2D eigenvalue weighted by atomic mass is 35.5. The molecule has 2 rings (SSSR count). The molecule has 4 nitrogen and oxygen atoms in total. The van der Waals surface area contributed by atoms with Gasteiger partial charge in [0.05, 0.1) is 4.90 Å². The monoisotopic (exact) mass is 294 g/mol. The van der Waals surface area contributed by atoms with Crippen molar-refractivity contribution in [2.24, 2.45) is 5.73 Å². The summed E-state index contributed by atoms with van der Waals surface area (Å²) in [6.45, 7) is 0.808. The number of sulfonamides is 1. The molecular weight excluding hydrogens is 279 g/mol. The van der Waals surface area contributed by atoms with E-state index in [0.717, 1.165) is 25.0 Å². The summed E-state index contributed by atoms with van der Waals surface area (Å²) in [5, 5.41) is 0. The maximum atomic E-state index is 12.8. The van der Waals surface area contributed by atoms with E-state index in [1.165, 1.54) is 16.4 Å². The van der Waals surface area contributed by atoms with Crippen molar-refractivity contribution in [3.8, 4) is 0 Å². The summed E-state index contributed by atoms with van der Waals surface area (Å²) in [4.78, 5) is 0.124. The zero-order valence-electron chi connectivity index (χ0n) is 9.75. The molecule has 18 heavy (non-hydrogen) atoms. The van der Waals surface area contributed by atoms with Gasteiger partial charge in [0.15, 0.2) is 0 Å². The molecular formula is C11H16ClFN2O2S. The summed E-state index contributed by atoms with van der Waals surface area (Å²) in [6, 6.07) is 4.75. The molecule has 0 saturated carbocycles. The van der Waals surface area contributed by atoms with Crippen LogP contribution in [0.15, 0.2) is 29.2 Å². The number of nitrogens with zero attached hydrogens (tertiary/aromatic N) is 1. The summed E-state index contributed by atoms with van der Waals surface area (Å²) >= 11 is 0. The van der Waals surface area contributed by atoms with Crippen molar-refractivity contribution in [1.29, 1.82) is 0 Å². The summed E-state index contributed by atoms with van der Waals surface area (Å²) in [7, 11) is -3.53. The second kappa shape index (κ2) is 5.97. The van der Waals surface area contributed by atoms with Crippen molar-refractivity contribution in [3.63, 3.8) is 0 Å². The predicted octanol–water partition coefficient (Wildman–Crippen LogP) is 1.36. The molecule has 1 fully saturated rings. The number of benzene rings is 1. The molecule has 0 radical (unpaired) electrons. The van der Waals surface area contributed by atoms with Crippen LogP contribution in [-0.4, -0.2) is 31.9 Å². The van der Waals surface area contributed by atoms with E-state index in [2.05, 4.69) is 0 Å². The molecule has 7 heteroatoms. The second-order valence-electron chi connectivity index (χ2n) is 4.10. The lowest BCUT2D eigenvalue weighted by atomic mass is 10.2. The highest BCUT2D eigenvalue weighted by Crippen LogP contribution is 2.25. The van der Waals surface area contributed by atoms with Gasteiger partial charge in [-0.15, -0.1) is 12.4 Å². The van der Waals surface area contributed by atoms with Crippen LogP contribution >= 0.6 is 12.4 Å². The fourth-order valence-corrected chi connectivity index (χ4v) is 3.81. The Hall–Kier alpha value is -0.690. The average Bonchev–Trinajstić information content (AvgIpc) is 2.78. The van der Waals surface area contributed by atoms with Gasteiger partial charge in [0.1, 0.15) is 5.82 Å². The molecule has 1 aromatic rings. The Bertz CT molecular complexity index is 492. The number of nitrogens with two attached hydrogens (primary N) is 1. The molecule has 1 aliphatic rings. The standard InChI is InChI=1S/C11H15FN2O2S.ClH/c12-9-3-5-11(6-4-9)17(15,16)14-7-1-2-10(14)8-13;/h3-6,10H,1-2,7-8,13H2;1H. The first-order chi connectivity index (χ1) is 8.05. The van der Waals surface area contributed by atoms with Gasteiger partial charge in [-0.25, -0.2) is 12.8 Å². The molecule has 0 aromatic heterocycles. The molecule has 1 unspecified atom stereocenters. The minimum Gasteiger partial charge on any atom is -0.329 e. The zero-order chi connectivity index (χ0) is 12.5. The fraction of sp³-hybridized carbons (Fsp3) is 0.455. The lowest BCUT2D eigenvalue weighted by Gasteiger charge is -2.22. The first-order valence-corrected chi connectivity index (χ1v) is 6.97. The van der Waals surface area contributed by atoms with Crippen LogP contribution in [0.5, 0.6) is 0 Å². The largest absolute Gasteiger partial charge is 0.329 e. The van der Waals surface area contributed by atoms with Gasteiger partial charge in [-0.3, -0.25) is 0 Å². The van der Waals surface area contributed by atoms with E-state index in [4.69, 9.17) is 5.73 Å². The van der Waals surface area contributed by atoms with Gasteiger partial charge in [0.2, 0.25) is 10.0 Å². The fourth-order valence-electron chi connectivity index (χ4n) is 2.10. The van der Waals surface area contributed by atoms with Crippen LogP contribution in [0.4, 0.5) is 4.39 Å². The Morgan fingerprint density at radius 2 is 1.94 bits per heavy atom. The van der Waals surface area contributed by atoms with E-state index in [0.29, 0.717) is 13.1 Å². The van der Waals surface area contributed by atoms with E-state index >= 15 is 0 Å². The predicted molar refractivity (Wildman–Crippen MR) is 69.6 cm³/mol. The van der Waals surface area contributed by atoms with E-state index in [9.17, 15) is 12.8 Å². The summed E-state index contributed by atoms with van der Waals surface area (Å²) < 4.78 is 38.7. The van der Waals surface area contributed by atoms with Crippen LogP contribution in [0.1, 0.15) is 12.8 Å². The van der Waals surface area contributed by atoms with Crippen LogP contribution < -0.4 is 5.73 Å². The molecule has 1 saturated heterocycles. The van der Waals surface area contributed by atoms with Gasteiger partial charge in [-0.1, -0.05) is 0 Å². The zero-order valence-corrected chi connectivity index (χ0v) is 11.4. The Kier molecular flexibility index (Phi) is 5.10. The topological polar surface area (TPSA) is 63.4 Å². The number of halogens is 2. The second-order valence-corrected chi connectivity index (χ2v) is 5.99. The van der Waals surface area contributed by atoms with Crippen molar-refractivity contribution in [1.82, 2.24) is 4.31 Å². The van der Waals surface area contributed by atoms with Crippen molar-refractivity contribution < 1.29 is 12.8 Å². The van der Waals surface area contributed by atoms with Gasteiger partial charge < -0.3 is 5.73 Å². The average molecular weight is 295 g/mol. The highest BCUT2D eigenvalue weighted by molar-refractivity contribution is 7.89. The molecule has 1 aromatic carbocycles. The Morgan fingerprint density at radius 1 is 1.33 bits per heavy atom. The molecule has 0 bridgehead atoms. The van der Waals surface area contributed by atoms with Crippen LogP contribution in [0.25, 0.3) is 0 Å². The molecule has 102 valence electrons. The smallest absolute Gasteiger partial charge is 0.243 e. The molecule has 2 N–H and O–H groups in total. The van der Waals surface area contributed by atoms with Crippen LogP contribution in [-0.2, 0) is 10.0 Å². The van der Waals surface area contributed by atoms with Gasteiger partial charge in [-0.05, 0) is 37.1 Å². The SMILES string of the molecule is Cl.NCC1CCCN1S(=O)(=O)c1ccc(F)cc1. The minimum atomic E-state index is -3.53. The van der Waals surface area contributed by atoms with Crippen LogP contribution in [0.2, 0.25) is 0 Å². The molecule has 0 aliphatic carbocycles. The number of rotatable bonds is 3. The maximum absolute atomic E-state index is 12.8. The Morgan fingerprint density at radius 3 is 2.50 bits per heavy atom. The Labute approximate surface area is 112 Å². The van der Waals surface area contributed by atoms with Crippen molar-refractivity contribution in [3.05, 3.63) is 30.1 Å². The summed E-state index contributed by atoms with van der Waals surface area (Å²) in [5.41, 5.74) is 5.56. The van der Waals surface area contributed by atoms with E-state index < -0.39 is 15.8 Å². The maximum Gasteiger partial charge on any atom is 0.243 e. The lowest BCUT2D eigenvalue weighted by Crippen LogP contribution is -2.39. The van der Waals surface area contributed by atoms with Gasteiger partial charge in [-0.2, -0.15) is 4.31 Å². The molecule has 0 spiro atoms. The first-order valence-electron chi connectivity index (χ1n) is 5.53. The number of hydrogen-bond donors (Lipinski definition) is 1. The van der Waals surface area contributed by atoms with Gasteiger partial charge in [0.25, 0.3) is 0 Å². The highest BCUT2D eigenvalue weighted by Gasteiger charge is 2.34. The van der Waals surface area contributed by atoms with Crippen molar-refractivity contribution in [2.45, 2.75) is 23.8 Å². The number of hydrogen-bond acceptors (Lipinski definition) is 3. The third-order valence-corrected chi connectivity index (χ3v) is 4.98. The van der Waals surface area contributed by atoms with E-state index in [1.54, 1.807) is 0 Å². The van der Waals surface area contributed by atoms with Crippen LogP contribution in [0.3, 0.4) is 0 Å². The minimum absolute atomic E-state index is 0. The summed E-state index contributed by atoms with van der Waals surface area (Å²) in [5.74, 6) is -0.444. The normalized spacial score (nSPS) is 20.7. The van der Waals surface area contributed by atoms with Crippen molar-refractivity contribution >= 4 is 22.4 Å². The third kappa shape index (κ3) is 2.83.